The predicted octanol–water partition coefficient (Wildman–Crippen LogP) is 7.26. The van der Waals surface area contributed by atoms with Gasteiger partial charge < -0.3 is 16.0 Å². The number of primary amides is 1. The van der Waals surface area contributed by atoms with Crippen molar-refractivity contribution in [2.24, 2.45) is 11.7 Å². The van der Waals surface area contributed by atoms with Crippen LogP contribution in [-0.2, 0) is 0 Å². The maximum absolute atomic E-state index is 10.7. The number of rotatable bonds is 15. The Bertz CT molecular complexity index is 918. The second-order valence-electron chi connectivity index (χ2n) is 8.76. The topological polar surface area (TPSA) is 83.8 Å². The van der Waals surface area contributed by atoms with Gasteiger partial charge in [0.2, 0.25) is 0 Å². The Morgan fingerprint density at radius 1 is 0.941 bits per heavy atom. The molecule has 0 bridgehead atoms. The Labute approximate surface area is 208 Å². The Morgan fingerprint density at radius 2 is 1.59 bits per heavy atom. The largest absolute Gasteiger partial charge is 0.352 e. The van der Waals surface area contributed by atoms with Gasteiger partial charge in [0.25, 0.3) is 0 Å². The Hall–Kier alpha value is -2.73. The number of H-pyrrole nitrogens is 1. The molecule has 0 spiro atoms. The molecular weight excluding hydrogens is 440 g/mol. The molecule has 3 rings (SSSR count). The van der Waals surface area contributed by atoms with E-state index in [1.165, 1.54) is 38.5 Å². The summed E-state index contributed by atoms with van der Waals surface area (Å²) in [6.45, 7) is 2.97. The number of unbranched alkanes of at least 4 members (excludes halogenated alkanes) is 3. The van der Waals surface area contributed by atoms with E-state index in [1.54, 1.807) is 0 Å². The van der Waals surface area contributed by atoms with Crippen LogP contribution >= 0.6 is 11.8 Å². The number of amides is 2. The Morgan fingerprint density at radius 3 is 2.24 bits per heavy atom. The molecule has 1 atom stereocenters. The molecule has 0 saturated heterocycles. The summed E-state index contributed by atoms with van der Waals surface area (Å²) >= 11 is 1.82. The molecule has 0 fully saturated rings. The number of carbonyl (C=O) groups is 1. The second-order valence-corrected chi connectivity index (χ2v) is 9.84. The summed E-state index contributed by atoms with van der Waals surface area (Å²) in [5.74, 6) is 1.86. The molecule has 0 aliphatic rings. The van der Waals surface area contributed by atoms with Gasteiger partial charge in [0.05, 0.1) is 11.4 Å². The predicted molar refractivity (Wildman–Crippen MR) is 144 cm³/mol. The molecular formula is C28H38N4OS. The molecule has 0 saturated carbocycles. The number of hydrogen-bond donors (Lipinski definition) is 3. The van der Waals surface area contributed by atoms with Gasteiger partial charge in [-0.05, 0) is 18.8 Å². The number of aromatic nitrogens is 2. The molecule has 182 valence electrons. The van der Waals surface area contributed by atoms with Crippen LogP contribution < -0.4 is 11.1 Å². The van der Waals surface area contributed by atoms with Crippen molar-refractivity contribution in [1.29, 1.82) is 0 Å². The fourth-order valence-electron chi connectivity index (χ4n) is 4.24. The standard InChI is InChI=1S/C28H38N4OS/c1-2-22(15-11-12-20-30-27(29)33)14-6-5-13-21-34-28-31-25(23-16-7-3-8-17-23)26(32-28)24-18-9-4-10-19-24/h3-4,7-10,16-19,22H,2,5-6,11-15,20-21H2,1H3,(H,31,32)(H3,29,30,33). The van der Waals surface area contributed by atoms with E-state index in [0.717, 1.165) is 52.2 Å². The summed E-state index contributed by atoms with van der Waals surface area (Å²) in [5.41, 5.74) is 9.52. The van der Waals surface area contributed by atoms with Gasteiger partial charge >= 0.3 is 6.03 Å². The van der Waals surface area contributed by atoms with Gasteiger partial charge in [-0.15, -0.1) is 0 Å². The summed E-state index contributed by atoms with van der Waals surface area (Å²) < 4.78 is 0. The third-order valence-electron chi connectivity index (χ3n) is 6.20. The first-order valence-corrected chi connectivity index (χ1v) is 13.5. The number of thioether (sulfide) groups is 1. The molecule has 2 aromatic carbocycles. The Kier molecular flexibility index (Phi) is 11.0. The van der Waals surface area contributed by atoms with Crippen LogP contribution in [0.4, 0.5) is 4.79 Å². The van der Waals surface area contributed by atoms with Crippen LogP contribution in [0, 0.1) is 5.92 Å². The molecule has 1 unspecified atom stereocenters. The van der Waals surface area contributed by atoms with E-state index < -0.39 is 6.03 Å². The zero-order valence-electron chi connectivity index (χ0n) is 20.3. The van der Waals surface area contributed by atoms with E-state index in [0.29, 0.717) is 6.54 Å². The monoisotopic (exact) mass is 478 g/mol. The first-order chi connectivity index (χ1) is 16.7. The molecule has 0 aliphatic heterocycles. The van der Waals surface area contributed by atoms with Crippen molar-refractivity contribution in [1.82, 2.24) is 15.3 Å². The maximum atomic E-state index is 10.7. The van der Waals surface area contributed by atoms with Gasteiger partial charge in [-0.25, -0.2) is 9.78 Å². The number of nitrogens with two attached hydrogens (primary N) is 1. The number of aromatic amines is 1. The van der Waals surface area contributed by atoms with Gasteiger partial charge in [0.15, 0.2) is 5.16 Å². The minimum absolute atomic E-state index is 0.424. The molecule has 2 amide bonds. The van der Waals surface area contributed by atoms with Crippen molar-refractivity contribution in [2.45, 2.75) is 63.4 Å². The van der Waals surface area contributed by atoms with E-state index in [9.17, 15) is 4.79 Å². The van der Waals surface area contributed by atoms with Crippen LogP contribution in [-0.4, -0.2) is 28.3 Å². The number of carbonyl (C=O) groups excluding carboxylic acids is 1. The SMILES string of the molecule is CCC(CCCCCSc1nc(-c2ccccc2)c(-c2ccccc2)[nH]1)CCCCNC(N)=O. The van der Waals surface area contributed by atoms with Gasteiger partial charge in [0, 0.05) is 23.4 Å². The van der Waals surface area contributed by atoms with Gasteiger partial charge in [-0.3, -0.25) is 0 Å². The number of imidazole rings is 1. The molecule has 0 aliphatic carbocycles. The summed E-state index contributed by atoms with van der Waals surface area (Å²) in [4.78, 5) is 19.2. The van der Waals surface area contributed by atoms with Crippen LogP contribution in [0.2, 0.25) is 0 Å². The average Bonchev–Trinajstić information content (AvgIpc) is 3.30. The van der Waals surface area contributed by atoms with Gasteiger partial charge in [-0.1, -0.05) is 118 Å². The first kappa shape index (κ1) is 25.9. The molecule has 1 heterocycles. The van der Waals surface area contributed by atoms with Crippen LogP contribution in [0.3, 0.4) is 0 Å². The number of urea groups is 1. The third-order valence-corrected chi connectivity index (χ3v) is 7.16. The molecule has 0 radical (unpaired) electrons. The van der Waals surface area contributed by atoms with Crippen LogP contribution in [0.1, 0.15) is 58.3 Å². The minimum atomic E-state index is -0.424. The molecule has 34 heavy (non-hydrogen) atoms. The number of nitrogens with zero attached hydrogens (tertiary/aromatic N) is 1. The van der Waals surface area contributed by atoms with E-state index in [2.05, 4.69) is 65.8 Å². The van der Waals surface area contributed by atoms with Crippen molar-refractivity contribution >= 4 is 17.8 Å². The molecule has 5 nitrogen and oxygen atoms in total. The highest BCUT2D eigenvalue weighted by Gasteiger charge is 2.14. The average molecular weight is 479 g/mol. The number of nitrogens with one attached hydrogen (secondary N) is 2. The molecule has 1 aromatic heterocycles. The first-order valence-electron chi connectivity index (χ1n) is 12.5. The highest BCUT2D eigenvalue weighted by Crippen LogP contribution is 2.33. The van der Waals surface area contributed by atoms with E-state index >= 15 is 0 Å². The summed E-state index contributed by atoms with van der Waals surface area (Å²) in [6.07, 6.45) is 9.66. The highest BCUT2D eigenvalue weighted by atomic mass is 32.2. The van der Waals surface area contributed by atoms with Crippen LogP contribution in [0.25, 0.3) is 22.5 Å². The van der Waals surface area contributed by atoms with Gasteiger partial charge in [-0.2, -0.15) is 0 Å². The van der Waals surface area contributed by atoms with E-state index in [1.807, 2.05) is 23.9 Å². The molecule has 4 N–H and O–H groups in total. The lowest BCUT2D eigenvalue weighted by Crippen LogP contribution is -2.30. The maximum Gasteiger partial charge on any atom is 0.312 e. The number of hydrogen-bond acceptors (Lipinski definition) is 3. The van der Waals surface area contributed by atoms with Crippen LogP contribution in [0.15, 0.2) is 65.8 Å². The fourth-order valence-corrected chi connectivity index (χ4v) is 5.11. The lowest BCUT2D eigenvalue weighted by atomic mass is 9.93. The second kappa shape index (κ2) is 14.5. The van der Waals surface area contributed by atoms with E-state index in [-0.39, 0.29) is 0 Å². The van der Waals surface area contributed by atoms with Gasteiger partial charge in [0.1, 0.15) is 0 Å². The zero-order chi connectivity index (χ0) is 24.0. The van der Waals surface area contributed by atoms with E-state index in [4.69, 9.17) is 10.7 Å². The fraction of sp³-hybridized carbons (Fsp3) is 0.429. The normalized spacial score (nSPS) is 11.9. The van der Waals surface area contributed by atoms with Crippen molar-refractivity contribution in [3.63, 3.8) is 0 Å². The smallest absolute Gasteiger partial charge is 0.312 e. The quantitative estimate of drug-likeness (QED) is 0.159. The summed E-state index contributed by atoms with van der Waals surface area (Å²) in [6, 6.07) is 20.4. The lowest BCUT2D eigenvalue weighted by molar-refractivity contribution is 0.248. The Balaban J connectivity index is 1.43. The van der Waals surface area contributed by atoms with Crippen LogP contribution in [0.5, 0.6) is 0 Å². The zero-order valence-corrected chi connectivity index (χ0v) is 21.1. The third kappa shape index (κ3) is 8.56. The van der Waals surface area contributed by atoms with Crippen molar-refractivity contribution in [3.8, 4) is 22.5 Å². The number of benzene rings is 2. The highest BCUT2D eigenvalue weighted by molar-refractivity contribution is 7.99. The van der Waals surface area contributed by atoms with Crippen molar-refractivity contribution in [2.75, 3.05) is 12.3 Å². The minimum Gasteiger partial charge on any atom is -0.352 e. The lowest BCUT2D eigenvalue weighted by Gasteiger charge is -2.14. The summed E-state index contributed by atoms with van der Waals surface area (Å²) in [7, 11) is 0. The molecule has 3 aromatic rings. The molecule has 6 heteroatoms. The van der Waals surface area contributed by atoms with Crippen molar-refractivity contribution in [3.05, 3.63) is 60.7 Å². The van der Waals surface area contributed by atoms with Crippen molar-refractivity contribution < 1.29 is 4.79 Å². The summed E-state index contributed by atoms with van der Waals surface area (Å²) in [5, 5.41) is 3.66.